The molecule has 1 aliphatic carbocycles. The Morgan fingerprint density at radius 3 is 2.90 bits per heavy atom. The highest BCUT2D eigenvalue weighted by Crippen LogP contribution is 2.37. The van der Waals surface area contributed by atoms with E-state index in [0.29, 0.717) is 22.9 Å². The van der Waals surface area contributed by atoms with Crippen LogP contribution in [0.25, 0.3) is 22.6 Å². The van der Waals surface area contributed by atoms with Crippen molar-refractivity contribution in [1.82, 2.24) is 10.3 Å². The lowest BCUT2D eigenvalue weighted by atomic mass is 10.0. The summed E-state index contributed by atoms with van der Waals surface area (Å²) in [5.74, 6) is 2.05. The maximum absolute atomic E-state index is 12.9. The molecule has 4 rings (SSSR count). The van der Waals surface area contributed by atoms with Crippen LogP contribution in [0.4, 0.5) is 0 Å². The number of allylic oxidation sites excluding steroid dienone is 1. The van der Waals surface area contributed by atoms with Gasteiger partial charge in [0.05, 0.1) is 29.6 Å². The maximum atomic E-state index is 12.9. The van der Waals surface area contributed by atoms with E-state index in [2.05, 4.69) is 11.2 Å². The monoisotopic (exact) mass is 386 g/mol. The summed E-state index contributed by atoms with van der Waals surface area (Å²) in [7, 11) is 0. The summed E-state index contributed by atoms with van der Waals surface area (Å²) >= 11 is 0. The van der Waals surface area contributed by atoms with Crippen LogP contribution in [0.15, 0.2) is 47.1 Å². The van der Waals surface area contributed by atoms with Crippen LogP contribution in [0.5, 0.6) is 0 Å². The molecule has 2 heterocycles. The highest BCUT2D eigenvalue weighted by molar-refractivity contribution is 6.07. The van der Waals surface area contributed by atoms with Gasteiger partial charge >= 0.3 is 5.97 Å². The number of ether oxygens (including phenoxy) is 1. The number of amides is 1. The van der Waals surface area contributed by atoms with Crippen molar-refractivity contribution in [2.24, 2.45) is 0 Å². The Morgan fingerprint density at radius 2 is 2.10 bits per heavy atom. The number of nitrogens with zero attached hydrogens (tertiary/aromatic N) is 1. The van der Waals surface area contributed by atoms with Crippen LogP contribution in [-0.4, -0.2) is 30.0 Å². The second-order valence-electron chi connectivity index (χ2n) is 6.57. The molecule has 0 unspecified atom stereocenters. The molecule has 0 saturated heterocycles. The third kappa shape index (κ3) is 3.76. The van der Waals surface area contributed by atoms with Gasteiger partial charge in [-0.05, 0) is 48.3 Å². The van der Waals surface area contributed by atoms with Gasteiger partial charge in [-0.3, -0.25) is 4.79 Å². The van der Waals surface area contributed by atoms with E-state index in [4.69, 9.17) is 20.6 Å². The summed E-state index contributed by atoms with van der Waals surface area (Å²) in [6, 6.07) is 11.1. The van der Waals surface area contributed by atoms with E-state index < -0.39 is 11.9 Å². The van der Waals surface area contributed by atoms with Crippen LogP contribution in [0.2, 0.25) is 0 Å². The van der Waals surface area contributed by atoms with Gasteiger partial charge < -0.3 is 14.5 Å². The van der Waals surface area contributed by atoms with Crippen molar-refractivity contribution in [3.05, 3.63) is 65.2 Å². The Morgan fingerprint density at radius 1 is 1.24 bits per heavy atom. The molecule has 6 nitrogen and oxygen atoms in total. The molecule has 1 aliphatic rings. The predicted octanol–water partition coefficient (Wildman–Crippen LogP) is 3.22. The van der Waals surface area contributed by atoms with E-state index in [-0.39, 0.29) is 13.2 Å². The molecular weight excluding hydrogens is 368 g/mol. The number of furan rings is 1. The first kappa shape index (κ1) is 18.5. The number of aromatic nitrogens is 1. The highest BCUT2D eigenvalue weighted by Gasteiger charge is 2.28. The van der Waals surface area contributed by atoms with E-state index in [1.54, 1.807) is 6.26 Å². The Labute approximate surface area is 167 Å². The zero-order chi connectivity index (χ0) is 20.2. The molecule has 0 spiro atoms. The zero-order valence-electron chi connectivity index (χ0n) is 15.6. The standard InChI is InChI=1S/C23H18N2O4/c1-2-11-24-20(26)14-29-23(27)21-17-7-3-4-8-19(17)25-22-15(9-10-18(21)22)13-16-6-5-12-28-16/h1,3-8,12-13H,9-11,14H2,(H,24,26)/b15-13+. The molecule has 0 radical (unpaired) electrons. The smallest absolute Gasteiger partial charge is 0.339 e. The van der Waals surface area contributed by atoms with Gasteiger partial charge in [0.2, 0.25) is 0 Å². The molecule has 0 fully saturated rings. The minimum atomic E-state index is -0.546. The highest BCUT2D eigenvalue weighted by atomic mass is 16.5. The summed E-state index contributed by atoms with van der Waals surface area (Å²) in [6.07, 6.45) is 10.1. The normalized spacial score (nSPS) is 13.8. The maximum Gasteiger partial charge on any atom is 0.339 e. The van der Waals surface area contributed by atoms with Gasteiger partial charge in [0.1, 0.15) is 5.76 Å². The van der Waals surface area contributed by atoms with Gasteiger partial charge in [-0.15, -0.1) is 6.42 Å². The fraction of sp³-hybridized carbons (Fsp3) is 0.174. The first-order valence-corrected chi connectivity index (χ1v) is 9.20. The second kappa shape index (κ2) is 8.03. The summed E-state index contributed by atoms with van der Waals surface area (Å²) in [6.45, 7) is -0.300. The molecule has 29 heavy (non-hydrogen) atoms. The number of carbonyl (C=O) groups excluding carboxylic acids is 2. The van der Waals surface area contributed by atoms with Crippen molar-refractivity contribution >= 4 is 34.4 Å². The number of hydrogen-bond donors (Lipinski definition) is 1. The number of carbonyl (C=O) groups is 2. The van der Waals surface area contributed by atoms with Gasteiger partial charge in [-0.25, -0.2) is 9.78 Å². The first-order valence-electron chi connectivity index (χ1n) is 9.20. The number of rotatable bonds is 5. The largest absolute Gasteiger partial charge is 0.465 e. The Bertz CT molecular complexity index is 1150. The van der Waals surface area contributed by atoms with E-state index in [1.807, 2.05) is 42.5 Å². The molecular formula is C23H18N2O4. The molecule has 0 atom stereocenters. The number of para-hydroxylation sites is 1. The topological polar surface area (TPSA) is 81.4 Å². The van der Waals surface area contributed by atoms with Gasteiger partial charge in [-0.2, -0.15) is 0 Å². The van der Waals surface area contributed by atoms with Crippen molar-refractivity contribution in [3.63, 3.8) is 0 Å². The average Bonchev–Trinajstić information content (AvgIpc) is 3.39. The third-order valence-electron chi connectivity index (χ3n) is 4.73. The number of hydrogen-bond acceptors (Lipinski definition) is 5. The lowest BCUT2D eigenvalue weighted by Gasteiger charge is -2.12. The van der Waals surface area contributed by atoms with Gasteiger partial charge in [0.25, 0.3) is 5.91 Å². The predicted molar refractivity (Wildman–Crippen MR) is 109 cm³/mol. The molecule has 1 aromatic carbocycles. The van der Waals surface area contributed by atoms with Crippen LogP contribution < -0.4 is 5.32 Å². The molecule has 144 valence electrons. The molecule has 0 aliphatic heterocycles. The van der Waals surface area contributed by atoms with Crippen LogP contribution in [0.1, 0.15) is 33.8 Å². The molecule has 0 bridgehead atoms. The Hall–Kier alpha value is -3.85. The third-order valence-corrected chi connectivity index (χ3v) is 4.73. The molecule has 6 heteroatoms. The fourth-order valence-electron chi connectivity index (χ4n) is 3.46. The second-order valence-corrected chi connectivity index (χ2v) is 6.57. The van der Waals surface area contributed by atoms with Crippen LogP contribution in [0.3, 0.4) is 0 Å². The van der Waals surface area contributed by atoms with Crippen molar-refractivity contribution in [1.29, 1.82) is 0 Å². The van der Waals surface area contributed by atoms with Crippen molar-refractivity contribution < 1.29 is 18.7 Å². The number of nitrogens with one attached hydrogen (secondary N) is 1. The van der Waals surface area contributed by atoms with Crippen LogP contribution >= 0.6 is 0 Å². The van der Waals surface area contributed by atoms with Crippen molar-refractivity contribution in [3.8, 4) is 12.3 Å². The number of terminal acetylenes is 1. The summed E-state index contributed by atoms with van der Waals surface area (Å²) in [5.41, 5.74) is 3.75. The quantitative estimate of drug-likeness (QED) is 0.538. The van der Waals surface area contributed by atoms with Crippen molar-refractivity contribution in [2.45, 2.75) is 12.8 Å². The number of pyridine rings is 1. The van der Waals surface area contributed by atoms with E-state index in [0.717, 1.165) is 29.0 Å². The zero-order valence-corrected chi connectivity index (χ0v) is 15.6. The average molecular weight is 386 g/mol. The summed E-state index contributed by atoms with van der Waals surface area (Å²) < 4.78 is 10.7. The van der Waals surface area contributed by atoms with Gasteiger partial charge in [-0.1, -0.05) is 24.1 Å². The van der Waals surface area contributed by atoms with Crippen LogP contribution in [0, 0.1) is 12.3 Å². The minimum Gasteiger partial charge on any atom is -0.465 e. The van der Waals surface area contributed by atoms with Gasteiger partial charge in [0.15, 0.2) is 6.61 Å². The molecule has 2 aromatic heterocycles. The Kier molecular flexibility index (Phi) is 5.12. The van der Waals surface area contributed by atoms with E-state index in [1.165, 1.54) is 0 Å². The van der Waals surface area contributed by atoms with E-state index in [9.17, 15) is 9.59 Å². The molecule has 0 saturated carbocycles. The molecule has 1 amide bonds. The molecule has 3 aromatic rings. The van der Waals surface area contributed by atoms with Crippen molar-refractivity contribution in [2.75, 3.05) is 13.2 Å². The van der Waals surface area contributed by atoms with E-state index >= 15 is 0 Å². The fourth-order valence-corrected chi connectivity index (χ4v) is 3.46. The minimum absolute atomic E-state index is 0.0882. The number of esters is 1. The lowest BCUT2D eigenvalue weighted by Crippen LogP contribution is -2.29. The Balaban J connectivity index is 1.71. The van der Waals surface area contributed by atoms with Gasteiger partial charge in [0, 0.05) is 5.39 Å². The SMILES string of the molecule is C#CCNC(=O)COC(=O)c1c2c(nc3ccccc13)/C(=C/c1ccco1)CC2. The molecule has 1 N–H and O–H groups in total. The number of benzene rings is 1. The first-order chi connectivity index (χ1) is 14.2. The summed E-state index contributed by atoms with van der Waals surface area (Å²) in [4.78, 5) is 29.4. The number of fused-ring (bicyclic) bond motifs is 2. The van der Waals surface area contributed by atoms with Crippen LogP contribution in [-0.2, 0) is 16.0 Å². The summed E-state index contributed by atoms with van der Waals surface area (Å²) in [5, 5.41) is 3.18. The lowest BCUT2D eigenvalue weighted by molar-refractivity contribution is -0.123.